The molecule has 0 saturated carbocycles. The van der Waals surface area contributed by atoms with E-state index in [-0.39, 0.29) is 6.04 Å². The summed E-state index contributed by atoms with van der Waals surface area (Å²) in [5.41, 5.74) is 3.08. The van der Waals surface area contributed by atoms with Crippen LogP contribution < -0.4 is 15.4 Å². The molecule has 1 aliphatic heterocycles. The van der Waals surface area contributed by atoms with Gasteiger partial charge in [0.05, 0.1) is 39.1 Å². The predicted molar refractivity (Wildman–Crippen MR) is 129 cm³/mol. The molecule has 2 aromatic heterocycles. The maximum atomic E-state index is 5.42. The number of hydrogen-bond donors (Lipinski definition) is 2. The number of rotatable bonds is 10. The van der Waals surface area contributed by atoms with Crippen molar-refractivity contribution in [1.82, 2.24) is 29.8 Å². The van der Waals surface area contributed by atoms with E-state index in [1.165, 1.54) is 0 Å². The van der Waals surface area contributed by atoms with E-state index >= 15 is 0 Å². The molecule has 9 heteroatoms. The first-order valence-corrected chi connectivity index (χ1v) is 11.7. The van der Waals surface area contributed by atoms with Crippen molar-refractivity contribution < 1.29 is 9.47 Å². The molecule has 3 heterocycles. The van der Waals surface area contributed by atoms with E-state index in [2.05, 4.69) is 47.5 Å². The van der Waals surface area contributed by atoms with Crippen molar-refractivity contribution in [1.29, 1.82) is 0 Å². The van der Waals surface area contributed by atoms with Crippen molar-refractivity contribution >= 4 is 11.6 Å². The van der Waals surface area contributed by atoms with E-state index < -0.39 is 0 Å². The van der Waals surface area contributed by atoms with E-state index in [4.69, 9.17) is 19.4 Å². The molecule has 3 aromatic rings. The molecule has 0 bridgehead atoms. The zero-order valence-electron chi connectivity index (χ0n) is 20.0. The number of nitrogens with zero attached hydrogens (tertiary/aromatic N) is 5. The number of fused-ring (bicyclic) bond motifs is 1. The minimum atomic E-state index is 0.0204. The molecule has 0 amide bonds. The van der Waals surface area contributed by atoms with E-state index in [0.717, 1.165) is 67.7 Å². The van der Waals surface area contributed by atoms with Gasteiger partial charge in [-0.05, 0) is 30.5 Å². The number of nitrogens with one attached hydrogen (secondary N) is 2. The molecular weight excluding hydrogens is 418 g/mol. The second kappa shape index (κ2) is 10.9. The maximum absolute atomic E-state index is 5.42. The predicted octanol–water partition coefficient (Wildman–Crippen LogP) is 2.85. The van der Waals surface area contributed by atoms with Gasteiger partial charge in [-0.1, -0.05) is 26.0 Å². The van der Waals surface area contributed by atoms with E-state index in [0.29, 0.717) is 18.4 Å². The minimum Gasteiger partial charge on any atom is -0.497 e. The molecule has 9 nitrogen and oxygen atoms in total. The molecule has 1 saturated heterocycles. The second-order valence-corrected chi connectivity index (χ2v) is 8.73. The van der Waals surface area contributed by atoms with Crippen molar-refractivity contribution in [3.63, 3.8) is 0 Å². The summed E-state index contributed by atoms with van der Waals surface area (Å²) in [5, 5.41) is 11.6. The highest BCUT2D eigenvalue weighted by Gasteiger charge is 2.17. The number of hydrogen-bond acceptors (Lipinski definition) is 8. The number of benzene rings is 1. The van der Waals surface area contributed by atoms with Crippen LogP contribution in [-0.4, -0.2) is 71.0 Å². The molecule has 1 aliphatic rings. The van der Waals surface area contributed by atoms with Crippen LogP contribution in [0.15, 0.2) is 30.5 Å². The standard InChI is InChI=1S/C24H35N7O2/c1-17(2)21-15-26-31-23(21)28-22(16-25-8-9-30-10-12-33-13-11-30)29-24(31)27-18(3)19-6-5-7-20(14-19)32-4/h5-7,14-15,17-18,25H,8-13,16H2,1-4H3,(H,27,28,29). The van der Waals surface area contributed by atoms with Crippen LogP contribution in [0.5, 0.6) is 5.75 Å². The lowest BCUT2D eigenvalue weighted by atomic mass is 10.1. The molecule has 33 heavy (non-hydrogen) atoms. The fourth-order valence-electron chi connectivity index (χ4n) is 3.97. The molecule has 4 rings (SSSR count). The van der Waals surface area contributed by atoms with Crippen LogP contribution in [0.3, 0.4) is 0 Å². The Bertz CT molecular complexity index is 1050. The Balaban J connectivity index is 1.51. The number of aromatic nitrogens is 4. The smallest absolute Gasteiger partial charge is 0.228 e. The lowest BCUT2D eigenvalue weighted by Gasteiger charge is -2.26. The highest BCUT2D eigenvalue weighted by Crippen LogP contribution is 2.25. The molecule has 178 valence electrons. The summed E-state index contributed by atoms with van der Waals surface area (Å²) in [7, 11) is 1.68. The van der Waals surface area contributed by atoms with Gasteiger partial charge in [0.15, 0.2) is 5.65 Å². The Kier molecular flexibility index (Phi) is 7.74. The summed E-state index contributed by atoms with van der Waals surface area (Å²) in [6, 6.07) is 8.08. The van der Waals surface area contributed by atoms with Crippen LogP contribution in [0, 0.1) is 0 Å². The maximum Gasteiger partial charge on any atom is 0.228 e. The number of methoxy groups -OCH3 is 1. The molecule has 1 unspecified atom stereocenters. The van der Waals surface area contributed by atoms with Crippen LogP contribution in [0.25, 0.3) is 5.65 Å². The highest BCUT2D eigenvalue weighted by atomic mass is 16.5. The van der Waals surface area contributed by atoms with E-state index in [1.807, 2.05) is 28.9 Å². The van der Waals surface area contributed by atoms with Gasteiger partial charge in [0.25, 0.3) is 0 Å². The quantitative estimate of drug-likeness (QED) is 0.453. The first-order valence-electron chi connectivity index (χ1n) is 11.7. The Morgan fingerprint density at radius 3 is 2.73 bits per heavy atom. The van der Waals surface area contributed by atoms with Crippen molar-refractivity contribution in [3.05, 3.63) is 47.4 Å². The third-order valence-electron chi connectivity index (χ3n) is 5.99. The largest absolute Gasteiger partial charge is 0.497 e. The van der Waals surface area contributed by atoms with Crippen LogP contribution in [0.1, 0.15) is 49.7 Å². The minimum absolute atomic E-state index is 0.0204. The third-order valence-corrected chi connectivity index (χ3v) is 5.99. The molecule has 2 N–H and O–H groups in total. The average Bonchev–Trinajstić information content (AvgIpc) is 3.27. The molecular formula is C24H35N7O2. The van der Waals surface area contributed by atoms with Gasteiger partial charge in [-0.25, -0.2) is 4.98 Å². The molecule has 0 spiro atoms. The van der Waals surface area contributed by atoms with Gasteiger partial charge in [0.2, 0.25) is 5.95 Å². The van der Waals surface area contributed by atoms with Gasteiger partial charge in [-0.15, -0.1) is 0 Å². The summed E-state index contributed by atoms with van der Waals surface area (Å²) in [5.74, 6) is 2.60. The number of ether oxygens (including phenoxy) is 2. The molecule has 0 aliphatic carbocycles. The third kappa shape index (κ3) is 5.79. The van der Waals surface area contributed by atoms with Gasteiger partial charge in [-0.2, -0.15) is 14.6 Å². The van der Waals surface area contributed by atoms with E-state index in [9.17, 15) is 0 Å². The van der Waals surface area contributed by atoms with Gasteiger partial charge in [0.1, 0.15) is 11.6 Å². The summed E-state index contributed by atoms with van der Waals surface area (Å²) >= 11 is 0. The van der Waals surface area contributed by atoms with Crippen LogP contribution in [0.2, 0.25) is 0 Å². The normalized spacial score (nSPS) is 15.8. The molecule has 1 aromatic carbocycles. The van der Waals surface area contributed by atoms with E-state index in [1.54, 1.807) is 7.11 Å². The lowest BCUT2D eigenvalue weighted by molar-refractivity contribution is 0.0384. The first-order chi connectivity index (χ1) is 16.0. The van der Waals surface area contributed by atoms with Crippen LogP contribution >= 0.6 is 0 Å². The zero-order chi connectivity index (χ0) is 23.2. The summed E-state index contributed by atoms with van der Waals surface area (Å²) < 4.78 is 12.6. The summed E-state index contributed by atoms with van der Waals surface area (Å²) in [6.45, 7) is 12.5. The molecule has 1 fully saturated rings. The fraction of sp³-hybridized carbons (Fsp3) is 0.542. The first kappa shape index (κ1) is 23.4. The average molecular weight is 454 g/mol. The SMILES string of the molecule is COc1cccc(C(C)Nc2nc(CNCCN3CCOCC3)nc3c(C(C)C)cnn23)c1. The Morgan fingerprint density at radius 2 is 1.97 bits per heavy atom. The van der Waals surface area contributed by atoms with Gasteiger partial charge in [-0.3, -0.25) is 4.90 Å². The Hall–Kier alpha value is -2.75. The van der Waals surface area contributed by atoms with Crippen LogP contribution in [-0.2, 0) is 11.3 Å². The lowest BCUT2D eigenvalue weighted by Crippen LogP contribution is -2.40. The number of anilines is 1. The monoisotopic (exact) mass is 453 g/mol. The van der Waals surface area contributed by atoms with Crippen molar-refractivity contribution in [3.8, 4) is 5.75 Å². The summed E-state index contributed by atoms with van der Waals surface area (Å²) in [4.78, 5) is 12.1. The van der Waals surface area contributed by atoms with Gasteiger partial charge in [0, 0.05) is 31.7 Å². The van der Waals surface area contributed by atoms with Gasteiger partial charge >= 0.3 is 0 Å². The topological polar surface area (TPSA) is 88.8 Å². The highest BCUT2D eigenvalue weighted by molar-refractivity contribution is 5.52. The van der Waals surface area contributed by atoms with Gasteiger partial charge < -0.3 is 20.1 Å². The Morgan fingerprint density at radius 1 is 1.15 bits per heavy atom. The number of morpholine rings is 1. The fourth-order valence-corrected chi connectivity index (χ4v) is 3.97. The summed E-state index contributed by atoms with van der Waals surface area (Å²) in [6.07, 6.45) is 1.89. The molecule has 1 atom stereocenters. The second-order valence-electron chi connectivity index (χ2n) is 8.73. The molecule has 0 radical (unpaired) electrons. The van der Waals surface area contributed by atoms with Crippen LogP contribution in [0.4, 0.5) is 5.95 Å². The van der Waals surface area contributed by atoms with Crippen molar-refractivity contribution in [2.45, 2.75) is 39.3 Å². The van der Waals surface area contributed by atoms with Crippen molar-refractivity contribution in [2.75, 3.05) is 51.8 Å². The van der Waals surface area contributed by atoms with Crippen molar-refractivity contribution in [2.24, 2.45) is 0 Å². The Labute approximate surface area is 195 Å². The zero-order valence-corrected chi connectivity index (χ0v) is 20.0.